The zero-order valence-corrected chi connectivity index (χ0v) is 17.3. The van der Waals surface area contributed by atoms with E-state index >= 15 is 0 Å². The number of benzene rings is 1. The van der Waals surface area contributed by atoms with Gasteiger partial charge in [-0.3, -0.25) is 9.78 Å². The summed E-state index contributed by atoms with van der Waals surface area (Å²) in [5.41, 5.74) is 2.24. The minimum atomic E-state index is 0.217. The van der Waals surface area contributed by atoms with Crippen LogP contribution in [0.3, 0.4) is 0 Å². The van der Waals surface area contributed by atoms with Crippen molar-refractivity contribution in [1.29, 1.82) is 0 Å². The van der Waals surface area contributed by atoms with Gasteiger partial charge in [-0.2, -0.15) is 0 Å². The lowest BCUT2D eigenvalue weighted by atomic mass is 10.1. The minimum Gasteiger partial charge on any atom is -0.381 e. The van der Waals surface area contributed by atoms with Crippen molar-refractivity contribution in [2.45, 2.75) is 51.1 Å². The highest BCUT2D eigenvalue weighted by Crippen LogP contribution is 2.18. The van der Waals surface area contributed by atoms with E-state index in [4.69, 9.17) is 4.74 Å². The van der Waals surface area contributed by atoms with Gasteiger partial charge in [-0.15, -0.1) is 0 Å². The van der Waals surface area contributed by atoms with Crippen LogP contribution in [0.4, 0.5) is 0 Å². The average molecular weight is 396 g/mol. The van der Waals surface area contributed by atoms with E-state index in [0.29, 0.717) is 32.2 Å². The molecule has 0 bridgehead atoms. The third kappa shape index (κ3) is 7.59. The fourth-order valence-corrected chi connectivity index (χ4v) is 3.81. The second-order valence-corrected chi connectivity index (χ2v) is 7.63. The standard InChI is InChI=1S/C24H33N3O2/c28-24(12-7-18-29-19-14-21-8-2-1-3-9-21)27(20-22-10-4-5-16-26-22)23-11-6-15-25-17-13-23/h1-5,8-10,16,23,25H,6-7,11-15,17-20H2. The van der Waals surface area contributed by atoms with Gasteiger partial charge < -0.3 is 15.0 Å². The Hall–Kier alpha value is -2.24. The van der Waals surface area contributed by atoms with Gasteiger partial charge >= 0.3 is 0 Å². The number of amides is 1. The molecule has 3 rings (SSSR count). The molecule has 1 amide bonds. The summed E-state index contributed by atoms with van der Waals surface area (Å²) >= 11 is 0. The van der Waals surface area contributed by atoms with E-state index in [1.54, 1.807) is 6.20 Å². The van der Waals surface area contributed by atoms with Crippen LogP contribution in [-0.4, -0.2) is 48.1 Å². The van der Waals surface area contributed by atoms with E-state index in [1.807, 2.05) is 36.4 Å². The molecule has 5 heteroatoms. The average Bonchev–Trinajstić information content (AvgIpc) is 3.05. The smallest absolute Gasteiger partial charge is 0.223 e. The van der Waals surface area contributed by atoms with Crippen LogP contribution in [0.25, 0.3) is 0 Å². The van der Waals surface area contributed by atoms with Gasteiger partial charge in [0.15, 0.2) is 0 Å². The number of carbonyl (C=O) groups is 1. The van der Waals surface area contributed by atoms with Gasteiger partial charge in [0, 0.05) is 25.3 Å². The topological polar surface area (TPSA) is 54.5 Å². The Morgan fingerprint density at radius 2 is 1.93 bits per heavy atom. The molecule has 0 spiro atoms. The summed E-state index contributed by atoms with van der Waals surface area (Å²) in [7, 11) is 0. The molecule has 1 unspecified atom stereocenters. The van der Waals surface area contributed by atoms with E-state index in [2.05, 4.69) is 27.3 Å². The zero-order valence-electron chi connectivity index (χ0n) is 17.3. The second-order valence-electron chi connectivity index (χ2n) is 7.63. The monoisotopic (exact) mass is 395 g/mol. The summed E-state index contributed by atoms with van der Waals surface area (Å²) in [5.74, 6) is 0.217. The molecule has 0 radical (unpaired) electrons. The van der Waals surface area contributed by atoms with E-state index in [9.17, 15) is 4.79 Å². The maximum absolute atomic E-state index is 13.0. The predicted molar refractivity (Wildman–Crippen MR) is 115 cm³/mol. The number of ether oxygens (including phenoxy) is 1. The summed E-state index contributed by atoms with van der Waals surface area (Å²) in [5, 5.41) is 3.44. The lowest BCUT2D eigenvalue weighted by Gasteiger charge is -2.31. The highest BCUT2D eigenvalue weighted by Gasteiger charge is 2.24. The first-order chi connectivity index (χ1) is 14.3. The Kier molecular flexibility index (Phi) is 9.14. The van der Waals surface area contributed by atoms with Crippen molar-refractivity contribution in [3.8, 4) is 0 Å². The van der Waals surface area contributed by atoms with Crippen LogP contribution < -0.4 is 5.32 Å². The Bertz CT molecular complexity index is 701. The fraction of sp³-hybridized carbons (Fsp3) is 0.500. The molecule has 1 fully saturated rings. The molecule has 1 aromatic heterocycles. The van der Waals surface area contributed by atoms with E-state index in [0.717, 1.165) is 50.9 Å². The van der Waals surface area contributed by atoms with Gasteiger partial charge in [-0.05, 0) is 62.9 Å². The summed E-state index contributed by atoms with van der Waals surface area (Å²) in [6.07, 6.45) is 7.17. The van der Waals surface area contributed by atoms with Gasteiger partial charge in [-0.25, -0.2) is 0 Å². The molecule has 1 aliphatic heterocycles. The number of nitrogens with zero attached hydrogens (tertiary/aromatic N) is 2. The van der Waals surface area contributed by atoms with E-state index in [-0.39, 0.29) is 5.91 Å². The van der Waals surface area contributed by atoms with Crippen LogP contribution >= 0.6 is 0 Å². The van der Waals surface area contributed by atoms with Crippen molar-refractivity contribution in [3.05, 3.63) is 66.0 Å². The predicted octanol–water partition coefficient (Wildman–Crippen LogP) is 3.59. The number of hydrogen-bond acceptors (Lipinski definition) is 4. The molecule has 1 aromatic carbocycles. The molecule has 1 atom stereocenters. The number of carbonyl (C=O) groups excluding carboxylic acids is 1. The lowest BCUT2D eigenvalue weighted by Crippen LogP contribution is -2.40. The summed E-state index contributed by atoms with van der Waals surface area (Å²) < 4.78 is 5.76. The number of aromatic nitrogens is 1. The van der Waals surface area contributed by atoms with Crippen LogP contribution in [0.15, 0.2) is 54.7 Å². The molecule has 29 heavy (non-hydrogen) atoms. The lowest BCUT2D eigenvalue weighted by molar-refractivity contribution is -0.135. The van der Waals surface area contributed by atoms with Crippen molar-refractivity contribution in [2.75, 3.05) is 26.3 Å². The maximum atomic E-state index is 13.0. The van der Waals surface area contributed by atoms with Gasteiger partial charge in [0.2, 0.25) is 5.91 Å². The Morgan fingerprint density at radius 3 is 2.76 bits per heavy atom. The summed E-state index contributed by atoms with van der Waals surface area (Å²) in [6, 6.07) is 16.5. The zero-order chi connectivity index (χ0) is 20.2. The fourth-order valence-electron chi connectivity index (χ4n) is 3.81. The molecule has 0 aliphatic carbocycles. The molecule has 2 aromatic rings. The van der Waals surface area contributed by atoms with Gasteiger partial charge in [0.05, 0.1) is 18.8 Å². The first-order valence-electron chi connectivity index (χ1n) is 10.8. The largest absolute Gasteiger partial charge is 0.381 e. The van der Waals surface area contributed by atoms with Crippen LogP contribution in [0.5, 0.6) is 0 Å². The van der Waals surface area contributed by atoms with Crippen molar-refractivity contribution in [1.82, 2.24) is 15.2 Å². The molecule has 1 aliphatic rings. The molecule has 2 heterocycles. The van der Waals surface area contributed by atoms with Crippen LogP contribution in [-0.2, 0) is 22.5 Å². The maximum Gasteiger partial charge on any atom is 0.223 e. The number of pyridine rings is 1. The van der Waals surface area contributed by atoms with Crippen molar-refractivity contribution in [3.63, 3.8) is 0 Å². The van der Waals surface area contributed by atoms with Crippen molar-refractivity contribution in [2.24, 2.45) is 0 Å². The van der Waals surface area contributed by atoms with Gasteiger partial charge in [-0.1, -0.05) is 36.4 Å². The second kappa shape index (κ2) is 12.3. The van der Waals surface area contributed by atoms with Crippen LogP contribution in [0, 0.1) is 0 Å². The molecule has 5 nitrogen and oxygen atoms in total. The molecular weight excluding hydrogens is 362 g/mol. The quantitative estimate of drug-likeness (QED) is 0.625. The Labute approximate surface area is 174 Å². The number of rotatable bonds is 10. The molecule has 1 N–H and O–H groups in total. The van der Waals surface area contributed by atoms with Gasteiger partial charge in [0.1, 0.15) is 0 Å². The summed E-state index contributed by atoms with van der Waals surface area (Å²) in [4.78, 5) is 19.5. The Morgan fingerprint density at radius 1 is 1.07 bits per heavy atom. The Balaban J connectivity index is 1.45. The molecule has 156 valence electrons. The summed E-state index contributed by atoms with van der Waals surface area (Å²) in [6.45, 7) is 3.93. The number of nitrogens with one attached hydrogen (secondary N) is 1. The number of hydrogen-bond donors (Lipinski definition) is 1. The molecule has 0 saturated carbocycles. The van der Waals surface area contributed by atoms with Crippen molar-refractivity contribution < 1.29 is 9.53 Å². The van der Waals surface area contributed by atoms with E-state index < -0.39 is 0 Å². The van der Waals surface area contributed by atoms with Crippen LogP contribution in [0.2, 0.25) is 0 Å². The molecule has 1 saturated heterocycles. The van der Waals surface area contributed by atoms with Gasteiger partial charge in [0.25, 0.3) is 0 Å². The SMILES string of the molecule is O=C(CCCOCCc1ccccc1)N(Cc1ccccn1)C1CCCNCC1. The highest BCUT2D eigenvalue weighted by molar-refractivity contribution is 5.76. The van der Waals surface area contributed by atoms with Crippen LogP contribution in [0.1, 0.15) is 43.4 Å². The molecular formula is C24H33N3O2. The minimum absolute atomic E-state index is 0.217. The first kappa shape index (κ1) is 21.5. The third-order valence-electron chi connectivity index (χ3n) is 5.42. The highest BCUT2D eigenvalue weighted by atomic mass is 16.5. The van der Waals surface area contributed by atoms with E-state index in [1.165, 1.54) is 5.56 Å². The normalized spacial score (nSPS) is 16.9. The van der Waals surface area contributed by atoms with Crippen molar-refractivity contribution >= 4 is 5.91 Å². The third-order valence-corrected chi connectivity index (χ3v) is 5.42. The first-order valence-corrected chi connectivity index (χ1v) is 10.8.